The van der Waals surface area contributed by atoms with E-state index in [0.29, 0.717) is 24.9 Å². The van der Waals surface area contributed by atoms with Gasteiger partial charge in [-0.2, -0.15) is 0 Å². The molecule has 0 spiro atoms. The van der Waals surface area contributed by atoms with E-state index in [1.807, 2.05) is 12.1 Å². The number of hydrogen-bond acceptors (Lipinski definition) is 4. The van der Waals surface area contributed by atoms with Crippen molar-refractivity contribution in [3.05, 3.63) is 53.6 Å². The molecule has 0 radical (unpaired) electrons. The molecule has 0 unspecified atom stereocenters. The number of carbonyl (C=O) groups is 1. The highest BCUT2D eigenvalue weighted by Gasteiger charge is 2.15. The average Bonchev–Trinajstić information content (AvgIpc) is 2.66. The van der Waals surface area contributed by atoms with Crippen LogP contribution in [-0.2, 0) is 0 Å². The molecule has 0 atom stereocenters. The normalized spacial score (nSPS) is 14.8. The van der Waals surface area contributed by atoms with Crippen LogP contribution in [0.3, 0.4) is 0 Å². The number of hydrogen-bond donors (Lipinski definition) is 2. The topological polar surface area (TPSA) is 76.0 Å². The van der Waals surface area contributed by atoms with Gasteiger partial charge in [-0.25, -0.2) is 4.79 Å². The second kappa shape index (κ2) is 8.61. The van der Waals surface area contributed by atoms with Crippen molar-refractivity contribution in [3.63, 3.8) is 0 Å². The summed E-state index contributed by atoms with van der Waals surface area (Å²) in [6.07, 6.45) is 6.56. The van der Waals surface area contributed by atoms with Crippen molar-refractivity contribution in [1.82, 2.24) is 0 Å². The van der Waals surface area contributed by atoms with Gasteiger partial charge < -0.3 is 19.7 Å². The predicted octanol–water partition coefficient (Wildman–Crippen LogP) is 4.60. The summed E-state index contributed by atoms with van der Waals surface area (Å²) in [6.45, 7) is 0.667. The van der Waals surface area contributed by atoms with E-state index in [4.69, 9.17) is 14.6 Å². The molecule has 2 aromatic carbocycles. The number of carboxylic acid groups (broad SMARTS) is 1. The smallest absolute Gasteiger partial charge is 0.339 e. The summed E-state index contributed by atoms with van der Waals surface area (Å²) in [5, 5.41) is 18.5. The number of aromatic hydroxyl groups is 1. The van der Waals surface area contributed by atoms with Crippen molar-refractivity contribution in [2.75, 3.05) is 13.2 Å². The second-order valence-electron chi connectivity index (χ2n) is 6.59. The molecule has 1 fully saturated rings. The highest BCUT2D eigenvalue weighted by Crippen LogP contribution is 2.33. The molecular weight excluding hydrogens is 332 g/mol. The molecule has 2 N–H and O–H groups in total. The van der Waals surface area contributed by atoms with Gasteiger partial charge in [0.1, 0.15) is 36.0 Å². The molecule has 138 valence electrons. The Kier molecular flexibility index (Phi) is 6.00. The van der Waals surface area contributed by atoms with Crippen molar-refractivity contribution in [3.8, 4) is 17.2 Å². The largest absolute Gasteiger partial charge is 0.507 e. The first kappa shape index (κ1) is 18.1. The van der Waals surface area contributed by atoms with E-state index in [1.165, 1.54) is 55.9 Å². The molecule has 0 amide bonds. The van der Waals surface area contributed by atoms with E-state index in [1.54, 1.807) is 0 Å². The van der Waals surface area contributed by atoms with Gasteiger partial charge in [-0.1, -0.05) is 31.4 Å². The summed E-state index contributed by atoms with van der Waals surface area (Å²) in [5.74, 6) is 0.409. The summed E-state index contributed by atoms with van der Waals surface area (Å²) in [5.41, 5.74) is 1.24. The quantitative estimate of drug-likeness (QED) is 0.709. The van der Waals surface area contributed by atoms with Gasteiger partial charge in [0.05, 0.1) is 0 Å². The monoisotopic (exact) mass is 356 g/mol. The standard InChI is InChI=1S/C21H24O5/c22-20-14-18(10-11-19(20)21(23)24)26-13-12-25-17-8-6-16(7-9-17)15-4-2-1-3-5-15/h6-11,14-15,22H,1-5,12-13H2,(H,23,24). The lowest BCUT2D eigenvalue weighted by Crippen LogP contribution is -2.09. The lowest BCUT2D eigenvalue weighted by atomic mass is 9.84. The van der Waals surface area contributed by atoms with Crippen LogP contribution in [0.1, 0.15) is 53.9 Å². The molecule has 0 bridgehead atoms. The Morgan fingerprint density at radius 1 is 0.923 bits per heavy atom. The molecule has 3 rings (SSSR count). The molecule has 2 aromatic rings. The number of aromatic carboxylic acids is 1. The van der Waals surface area contributed by atoms with Crippen LogP contribution in [0.5, 0.6) is 17.2 Å². The van der Waals surface area contributed by atoms with Crippen molar-refractivity contribution in [2.45, 2.75) is 38.0 Å². The fraction of sp³-hybridized carbons (Fsp3) is 0.381. The van der Waals surface area contributed by atoms with Gasteiger partial charge in [0.25, 0.3) is 0 Å². The van der Waals surface area contributed by atoms with Gasteiger partial charge in [0, 0.05) is 6.07 Å². The lowest BCUT2D eigenvalue weighted by molar-refractivity contribution is 0.0693. The zero-order valence-electron chi connectivity index (χ0n) is 14.7. The predicted molar refractivity (Wildman–Crippen MR) is 98.3 cm³/mol. The summed E-state index contributed by atoms with van der Waals surface area (Å²) >= 11 is 0. The van der Waals surface area contributed by atoms with Crippen LogP contribution in [0.4, 0.5) is 0 Å². The van der Waals surface area contributed by atoms with Crippen LogP contribution in [0, 0.1) is 0 Å². The van der Waals surface area contributed by atoms with E-state index in [9.17, 15) is 9.90 Å². The molecule has 0 saturated heterocycles. The molecule has 5 nitrogen and oxygen atoms in total. The molecule has 0 heterocycles. The third kappa shape index (κ3) is 4.69. The summed E-state index contributed by atoms with van der Waals surface area (Å²) in [4.78, 5) is 10.9. The van der Waals surface area contributed by atoms with E-state index in [0.717, 1.165) is 5.75 Å². The average molecular weight is 356 g/mol. The minimum atomic E-state index is -1.17. The van der Waals surface area contributed by atoms with E-state index < -0.39 is 5.97 Å². The molecule has 1 saturated carbocycles. The van der Waals surface area contributed by atoms with Crippen LogP contribution >= 0.6 is 0 Å². The zero-order valence-corrected chi connectivity index (χ0v) is 14.7. The van der Waals surface area contributed by atoms with Gasteiger partial charge >= 0.3 is 5.97 Å². The zero-order chi connectivity index (χ0) is 18.4. The maximum Gasteiger partial charge on any atom is 0.339 e. The second-order valence-corrected chi connectivity index (χ2v) is 6.59. The fourth-order valence-electron chi connectivity index (χ4n) is 3.37. The van der Waals surface area contributed by atoms with Crippen LogP contribution in [0.2, 0.25) is 0 Å². The number of phenols is 1. The van der Waals surface area contributed by atoms with Crippen molar-refractivity contribution in [1.29, 1.82) is 0 Å². The molecule has 26 heavy (non-hydrogen) atoms. The Balaban J connectivity index is 1.44. The number of ether oxygens (including phenoxy) is 2. The summed E-state index contributed by atoms with van der Waals surface area (Å²) < 4.78 is 11.2. The Bertz CT molecular complexity index is 733. The third-order valence-electron chi connectivity index (χ3n) is 4.78. The van der Waals surface area contributed by atoms with Crippen molar-refractivity contribution >= 4 is 5.97 Å². The first-order valence-corrected chi connectivity index (χ1v) is 9.05. The Morgan fingerprint density at radius 2 is 1.54 bits per heavy atom. The number of carboxylic acids is 1. The van der Waals surface area contributed by atoms with Crippen molar-refractivity contribution in [2.24, 2.45) is 0 Å². The number of rotatable bonds is 7. The molecule has 1 aliphatic rings. The minimum absolute atomic E-state index is 0.147. The van der Waals surface area contributed by atoms with E-state index in [2.05, 4.69) is 12.1 Å². The molecular formula is C21H24O5. The summed E-state index contributed by atoms with van der Waals surface area (Å²) in [7, 11) is 0. The first-order chi connectivity index (χ1) is 12.6. The lowest BCUT2D eigenvalue weighted by Gasteiger charge is -2.22. The highest BCUT2D eigenvalue weighted by molar-refractivity contribution is 5.90. The minimum Gasteiger partial charge on any atom is -0.507 e. The van der Waals surface area contributed by atoms with Crippen molar-refractivity contribution < 1.29 is 24.5 Å². The molecule has 5 heteroatoms. The molecule has 0 aliphatic heterocycles. The first-order valence-electron chi connectivity index (χ1n) is 9.05. The molecule has 1 aliphatic carbocycles. The van der Waals surface area contributed by atoms with E-state index in [-0.39, 0.29) is 11.3 Å². The third-order valence-corrected chi connectivity index (χ3v) is 4.78. The highest BCUT2D eigenvalue weighted by atomic mass is 16.5. The summed E-state index contributed by atoms with van der Waals surface area (Å²) in [6, 6.07) is 12.4. The fourth-order valence-corrected chi connectivity index (χ4v) is 3.37. The Morgan fingerprint density at radius 3 is 2.15 bits per heavy atom. The van der Waals surface area contributed by atoms with Crippen LogP contribution < -0.4 is 9.47 Å². The van der Waals surface area contributed by atoms with Gasteiger partial charge in [0.2, 0.25) is 0 Å². The maximum absolute atomic E-state index is 10.9. The van der Waals surface area contributed by atoms with Gasteiger partial charge in [0.15, 0.2) is 0 Å². The number of benzene rings is 2. The van der Waals surface area contributed by atoms with Crippen LogP contribution in [-0.4, -0.2) is 29.4 Å². The maximum atomic E-state index is 10.9. The Labute approximate surface area is 153 Å². The van der Waals surface area contributed by atoms with Crippen LogP contribution in [0.25, 0.3) is 0 Å². The van der Waals surface area contributed by atoms with E-state index >= 15 is 0 Å². The SMILES string of the molecule is O=C(O)c1ccc(OCCOc2ccc(C3CCCCC3)cc2)cc1O. The van der Waals surface area contributed by atoms with Gasteiger partial charge in [-0.3, -0.25) is 0 Å². The Hall–Kier alpha value is -2.69. The van der Waals surface area contributed by atoms with Crippen LogP contribution in [0.15, 0.2) is 42.5 Å². The van der Waals surface area contributed by atoms with Gasteiger partial charge in [-0.15, -0.1) is 0 Å². The van der Waals surface area contributed by atoms with Gasteiger partial charge in [-0.05, 0) is 48.6 Å². The molecule has 0 aromatic heterocycles.